The van der Waals surface area contributed by atoms with E-state index in [4.69, 9.17) is 10.5 Å². The summed E-state index contributed by atoms with van der Waals surface area (Å²) in [7, 11) is 0. The minimum Gasteiger partial charge on any atom is -0.378 e. The largest absolute Gasteiger partial charge is 0.378 e. The fraction of sp³-hybridized carbons (Fsp3) is 0.562. The molecule has 5 nitrogen and oxygen atoms in total. The number of nitrogens with zero attached hydrogens (tertiary/aromatic N) is 1. The maximum atomic E-state index is 12.1. The highest BCUT2D eigenvalue weighted by atomic mass is 16.5. The number of nitrogens with two attached hydrogens (primary N) is 1. The number of anilines is 1. The molecule has 0 bridgehead atoms. The first-order chi connectivity index (χ1) is 10.0. The zero-order valence-corrected chi connectivity index (χ0v) is 12.9. The standard InChI is InChI=1S/C16H25N3O2/c1-16(2)12-21-10-9-19(16)8-7-15(20)18-14-6-4-3-5-13(14)11-17/h3-6H,7-12,17H2,1-2H3,(H,18,20). The zero-order valence-electron chi connectivity index (χ0n) is 12.9. The van der Waals surface area contributed by atoms with Crippen molar-refractivity contribution in [2.75, 3.05) is 31.6 Å². The highest BCUT2D eigenvalue weighted by Crippen LogP contribution is 2.19. The fourth-order valence-corrected chi connectivity index (χ4v) is 2.57. The summed E-state index contributed by atoms with van der Waals surface area (Å²) in [6.45, 7) is 7.78. The van der Waals surface area contributed by atoms with Crippen LogP contribution in [0.2, 0.25) is 0 Å². The molecule has 0 saturated carbocycles. The predicted octanol–water partition coefficient (Wildman–Crippen LogP) is 1.58. The Kier molecular flexibility index (Phi) is 5.33. The van der Waals surface area contributed by atoms with Gasteiger partial charge in [0, 0.05) is 37.3 Å². The van der Waals surface area contributed by atoms with Crippen LogP contribution in [0, 0.1) is 0 Å². The number of benzene rings is 1. The number of amides is 1. The van der Waals surface area contributed by atoms with Gasteiger partial charge in [0.05, 0.1) is 13.2 Å². The topological polar surface area (TPSA) is 67.6 Å². The first-order valence-corrected chi connectivity index (χ1v) is 7.43. The summed E-state index contributed by atoms with van der Waals surface area (Å²) in [5.74, 6) is 0.0261. The number of carbonyl (C=O) groups excluding carboxylic acids is 1. The molecule has 1 aromatic rings. The van der Waals surface area contributed by atoms with Crippen LogP contribution < -0.4 is 11.1 Å². The van der Waals surface area contributed by atoms with Gasteiger partial charge in [-0.25, -0.2) is 0 Å². The van der Waals surface area contributed by atoms with Crippen molar-refractivity contribution in [1.29, 1.82) is 0 Å². The minimum absolute atomic E-state index is 0.00625. The van der Waals surface area contributed by atoms with E-state index in [1.54, 1.807) is 0 Å². The molecule has 1 fully saturated rings. The molecule has 1 aromatic carbocycles. The maximum Gasteiger partial charge on any atom is 0.225 e. The van der Waals surface area contributed by atoms with E-state index in [2.05, 4.69) is 24.1 Å². The Labute approximate surface area is 126 Å². The summed E-state index contributed by atoms with van der Waals surface area (Å²) in [4.78, 5) is 14.4. The SMILES string of the molecule is CC1(C)COCCN1CCC(=O)Nc1ccccc1CN. The summed E-state index contributed by atoms with van der Waals surface area (Å²) >= 11 is 0. The third-order valence-corrected chi connectivity index (χ3v) is 3.94. The van der Waals surface area contributed by atoms with E-state index in [0.717, 1.165) is 30.9 Å². The Morgan fingerprint density at radius 1 is 1.43 bits per heavy atom. The molecule has 0 aromatic heterocycles. The van der Waals surface area contributed by atoms with Gasteiger partial charge in [0.2, 0.25) is 5.91 Å². The number of hydrogen-bond donors (Lipinski definition) is 2. The van der Waals surface area contributed by atoms with Gasteiger partial charge in [0.25, 0.3) is 0 Å². The van der Waals surface area contributed by atoms with Gasteiger partial charge in [-0.05, 0) is 25.5 Å². The number of morpholine rings is 1. The van der Waals surface area contributed by atoms with Crippen LogP contribution in [0.3, 0.4) is 0 Å². The summed E-state index contributed by atoms with van der Waals surface area (Å²) in [6.07, 6.45) is 0.475. The molecule has 0 radical (unpaired) electrons. The average Bonchev–Trinajstić information content (AvgIpc) is 2.46. The number of rotatable bonds is 5. The first kappa shape index (κ1) is 15.9. The monoisotopic (exact) mass is 291 g/mol. The van der Waals surface area contributed by atoms with Crippen molar-refractivity contribution < 1.29 is 9.53 Å². The molecule has 1 amide bonds. The third kappa shape index (κ3) is 4.27. The second kappa shape index (κ2) is 7.02. The van der Waals surface area contributed by atoms with E-state index in [1.807, 2.05) is 24.3 Å². The smallest absolute Gasteiger partial charge is 0.225 e. The van der Waals surface area contributed by atoms with Gasteiger partial charge < -0.3 is 15.8 Å². The molecule has 0 atom stereocenters. The second-order valence-electron chi connectivity index (χ2n) is 6.01. The van der Waals surface area contributed by atoms with E-state index in [-0.39, 0.29) is 11.4 Å². The average molecular weight is 291 g/mol. The number of nitrogens with one attached hydrogen (secondary N) is 1. The van der Waals surface area contributed by atoms with E-state index < -0.39 is 0 Å². The number of hydrogen-bond acceptors (Lipinski definition) is 4. The molecule has 3 N–H and O–H groups in total. The summed E-state index contributed by atoms with van der Waals surface area (Å²) < 4.78 is 5.49. The van der Waals surface area contributed by atoms with Gasteiger partial charge in [-0.15, -0.1) is 0 Å². The first-order valence-electron chi connectivity index (χ1n) is 7.43. The lowest BCUT2D eigenvalue weighted by Crippen LogP contribution is -2.53. The normalized spacial score (nSPS) is 18.4. The van der Waals surface area contributed by atoms with E-state index in [9.17, 15) is 4.79 Å². The second-order valence-corrected chi connectivity index (χ2v) is 6.01. The van der Waals surface area contributed by atoms with Crippen molar-refractivity contribution in [3.63, 3.8) is 0 Å². The molecular weight excluding hydrogens is 266 g/mol. The van der Waals surface area contributed by atoms with Crippen molar-refractivity contribution in [2.24, 2.45) is 5.73 Å². The van der Waals surface area contributed by atoms with Gasteiger partial charge in [0.1, 0.15) is 0 Å². The van der Waals surface area contributed by atoms with Gasteiger partial charge in [-0.3, -0.25) is 9.69 Å². The quantitative estimate of drug-likeness (QED) is 0.864. The van der Waals surface area contributed by atoms with Crippen LogP contribution in [0.15, 0.2) is 24.3 Å². The molecule has 1 aliphatic rings. The molecule has 5 heteroatoms. The van der Waals surface area contributed by atoms with E-state index >= 15 is 0 Å². The Hall–Kier alpha value is -1.43. The van der Waals surface area contributed by atoms with E-state index in [0.29, 0.717) is 19.6 Å². The number of carbonyl (C=O) groups is 1. The Morgan fingerprint density at radius 2 is 2.19 bits per heavy atom. The molecule has 1 heterocycles. The van der Waals surface area contributed by atoms with Crippen LogP contribution in [0.4, 0.5) is 5.69 Å². The van der Waals surface area contributed by atoms with Crippen LogP contribution in [0.5, 0.6) is 0 Å². The fourth-order valence-electron chi connectivity index (χ4n) is 2.57. The molecule has 0 spiro atoms. The molecule has 0 unspecified atom stereocenters. The minimum atomic E-state index is -0.00625. The van der Waals surface area contributed by atoms with E-state index in [1.165, 1.54) is 0 Å². The van der Waals surface area contributed by atoms with Crippen LogP contribution in [-0.4, -0.2) is 42.6 Å². The molecule has 116 valence electrons. The predicted molar refractivity (Wildman–Crippen MR) is 84.1 cm³/mol. The van der Waals surface area contributed by atoms with Gasteiger partial charge in [0.15, 0.2) is 0 Å². The Bertz CT molecular complexity index is 488. The molecule has 1 aliphatic heterocycles. The lowest BCUT2D eigenvalue weighted by molar-refractivity contribution is -0.117. The van der Waals surface area contributed by atoms with Crippen molar-refractivity contribution >= 4 is 11.6 Å². The van der Waals surface area contributed by atoms with Crippen LogP contribution >= 0.6 is 0 Å². The highest BCUT2D eigenvalue weighted by Gasteiger charge is 2.30. The van der Waals surface area contributed by atoms with Crippen molar-refractivity contribution in [3.05, 3.63) is 29.8 Å². The molecular formula is C16H25N3O2. The van der Waals surface area contributed by atoms with Gasteiger partial charge in [-0.1, -0.05) is 18.2 Å². The molecule has 21 heavy (non-hydrogen) atoms. The lowest BCUT2D eigenvalue weighted by atomic mass is 10.0. The molecule has 1 saturated heterocycles. The summed E-state index contributed by atoms with van der Waals surface area (Å²) in [5, 5.41) is 2.95. The summed E-state index contributed by atoms with van der Waals surface area (Å²) in [6, 6.07) is 7.65. The summed E-state index contributed by atoms with van der Waals surface area (Å²) in [5.41, 5.74) is 7.44. The van der Waals surface area contributed by atoms with Crippen molar-refractivity contribution in [3.8, 4) is 0 Å². The Balaban J connectivity index is 1.87. The van der Waals surface area contributed by atoms with Crippen molar-refractivity contribution in [2.45, 2.75) is 32.4 Å². The number of ether oxygens (including phenoxy) is 1. The van der Waals surface area contributed by atoms with Gasteiger partial charge in [-0.2, -0.15) is 0 Å². The van der Waals surface area contributed by atoms with Crippen LogP contribution in [0.25, 0.3) is 0 Å². The molecule has 0 aliphatic carbocycles. The third-order valence-electron chi connectivity index (χ3n) is 3.94. The zero-order chi connectivity index (χ0) is 15.3. The lowest BCUT2D eigenvalue weighted by Gasteiger charge is -2.42. The maximum absolute atomic E-state index is 12.1. The Morgan fingerprint density at radius 3 is 2.90 bits per heavy atom. The van der Waals surface area contributed by atoms with Crippen LogP contribution in [0.1, 0.15) is 25.8 Å². The molecule has 2 rings (SSSR count). The van der Waals surface area contributed by atoms with Gasteiger partial charge >= 0.3 is 0 Å². The number of para-hydroxylation sites is 1. The highest BCUT2D eigenvalue weighted by molar-refractivity contribution is 5.91. The van der Waals surface area contributed by atoms with Crippen LogP contribution in [-0.2, 0) is 16.1 Å². The van der Waals surface area contributed by atoms with Crippen molar-refractivity contribution in [1.82, 2.24) is 4.90 Å².